The summed E-state index contributed by atoms with van der Waals surface area (Å²) in [4.78, 5) is 13.2. The Balaban J connectivity index is 2.03. The molecule has 1 amide bonds. The highest BCUT2D eigenvalue weighted by Crippen LogP contribution is 2.26. The van der Waals surface area contributed by atoms with Crippen LogP contribution in [0.15, 0.2) is 53.4 Å². The largest absolute Gasteiger partial charge is 0.324 e. The number of benzene rings is 2. The van der Waals surface area contributed by atoms with Gasteiger partial charge in [0.25, 0.3) is 0 Å². The van der Waals surface area contributed by atoms with Crippen molar-refractivity contribution in [1.82, 2.24) is 0 Å². The molecule has 0 unspecified atom stereocenters. The van der Waals surface area contributed by atoms with E-state index >= 15 is 0 Å². The fraction of sp³-hybridized carbons (Fsp3) is 0.125. The van der Waals surface area contributed by atoms with Crippen LogP contribution in [0.25, 0.3) is 0 Å². The van der Waals surface area contributed by atoms with Crippen molar-refractivity contribution in [2.75, 3.05) is 5.32 Å². The maximum Gasteiger partial charge on any atom is 0.237 e. The van der Waals surface area contributed by atoms with E-state index in [1.807, 2.05) is 19.1 Å². The highest BCUT2D eigenvalue weighted by Gasteiger charge is 2.15. The zero-order valence-electron chi connectivity index (χ0n) is 11.3. The normalized spacial score (nSPS) is 11.5. The molecule has 0 heterocycles. The van der Waals surface area contributed by atoms with E-state index in [-0.39, 0.29) is 11.2 Å². The fourth-order valence-electron chi connectivity index (χ4n) is 1.69. The Morgan fingerprint density at radius 1 is 1.24 bits per heavy atom. The van der Waals surface area contributed by atoms with Crippen LogP contribution >= 0.6 is 23.4 Å². The Morgan fingerprint density at radius 3 is 2.57 bits per heavy atom. The van der Waals surface area contributed by atoms with Gasteiger partial charge in [0.1, 0.15) is 6.07 Å². The van der Waals surface area contributed by atoms with Gasteiger partial charge in [0, 0.05) is 9.92 Å². The lowest BCUT2D eigenvalue weighted by Crippen LogP contribution is -2.22. The van der Waals surface area contributed by atoms with Gasteiger partial charge in [-0.25, -0.2) is 0 Å². The fourth-order valence-corrected chi connectivity index (χ4v) is 2.69. The predicted octanol–water partition coefficient (Wildman–Crippen LogP) is 4.33. The molecule has 0 spiro atoms. The van der Waals surface area contributed by atoms with Gasteiger partial charge in [-0.2, -0.15) is 5.26 Å². The second-order valence-corrected chi connectivity index (χ2v) is 6.21. The van der Waals surface area contributed by atoms with E-state index in [9.17, 15) is 4.79 Å². The number of rotatable bonds is 4. The van der Waals surface area contributed by atoms with Gasteiger partial charge >= 0.3 is 0 Å². The molecular weight excluding hydrogens is 304 g/mol. The maximum atomic E-state index is 12.2. The summed E-state index contributed by atoms with van der Waals surface area (Å²) in [6, 6.07) is 16.3. The van der Waals surface area contributed by atoms with Gasteiger partial charge in [-0.1, -0.05) is 23.7 Å². The van der Waals surface area contributed by atoms with Crippen LogP contribution in [-0.2, 0) is 4.79 Å². The van der Waals surface area contributed by atoms with Gasteiger partial charge < -0.3 is 5.32 Å². The van der Waals surface area contributed by atoms with Crippen molar-refractivity contribution >= 4 is 35.0 Å². The third-order valence-electron chi connectivity index (χ3n) is 2.80. The van der Waals surface area contributed by atoms with Crippen LogP contribution in [0, 0.1) is 11.3 Å². The first kappa shape index (κ1) is 15.4. The van der Waals surface area contributed by atoms with Gasteiger partial charge in [-0.05, 0) is 43.3 Å². The first-order valence-corrected chi connectivity index (χ1v) is 7.58. The number of thioether (sulfide) groups is 1. The molecule has 5 heteroatoms. The van der Waals surface area contributed by atoms with Crippen molar-refractivity contribution in [2.24, 2.45) is 0 Å². The molecule has 0 aromatic heterocycles. The van der Waals surface area contributed by atoms with E-state index in [2.05, 4.69) is 11.4 Å². The van der Waals surface area contributed by atoms with Crippen LogP contribution in [0.1, 0.15) is 12.5 Å². The first-order chi connectivity index (χ1) is 10.1. The smallest absolute Gasteiger partial charge is 0.237 e. The quantitative estimate of drug-likeness (QED) is 0.854. The monoisotopic (exact) mass is 316 g/mol. The lowest BCUT2D eigenvalue weighted by molar-refractivity contribution is -0.115. The molecule has 21 heavy (non-hydrogen) atoms. The second-order valence-electron chi connectivity index (χ2n) is 4.36. The molecule has 3 nitrogen and oxygen atoms in total. The Kier molecular flexibility index (Phi) is 5.26. The third-order valence-corrected chi connectivity index (χ3v) is 4.17. The average molecular weight is 317 g/mol. The number of carbonyl (C=O) groups is 1. The molecule has 0 saturated carbocycles. The summed E-state index contributed by atoms with van der Waals surface area (Å²) in [5, 5.41) is 12.2. The highest BCUT2D eigenvalue weighted by atomic mass is 35.5. The van der Waals surface area contributed by atoms with Crippen molar-refractivity contribution in [3.05, 3.63) is 59.1 Å². The maximum absolute atomic E-state index is 12.2. The molecule has 1 N–H and O–H groups in total. The third kappa shape index (κ3) is 4.25. The van der Waals surface area contributed by atoms with Crippen molar-refractivity contribution in [3.8, 4) is 6.07 Å². The minimum absolute atomic E-state index is 0.141. The number of anilines is 1. The number of para-hydroxylation sites is 1. The summed E-state index contributed by atoms with van der Waals surface area (Å²) >= 11 is 7.27. The molecule has 2 aromatic rings. The van der Waals surface area contributed by atoms with Crippen LogP contribution in [0.5, 0.6) is 0 Å². The van der Waals surface area contributed by atoms with Crippen molar-refractivity contribution < 1.29 is 4.79 Å². The van der Waals surface area contributed by atoms with Crippen molar-refractivity contribution in [1.29, 1.82) is 5.26 Å². The van der Waals surface area contributed by atoms with E-state index in [1.165, 1.54) is 11.8 Å². The number of nitriles is 1. The highest BCUT2D eigenvalue weighted by molar-refractivity contribution is 8.00. The van der Waals surface area contributed by atoms with Crippen LogP contribution in [0.4, 0.5) is 5.69 Å². The van der Waals surface area contributed by atoms with Gasteiger partial charge in [-0.15, -0.1) is 11.8 Å². The summed E-state index contributed by atoms with van der Waals surface area (Å²) in [6.07, 6.45) is 0. The molecule has 2 aromatic carbocycles. The Morgan fingerprint density at radius 2 is 1.90 bits per heavy atom. The summed E-state index contributed by atoms with van der Waals surface area (Å²) < 4.78 is 0. The van der Waals surface area contributed by atoms with E-state index in [1.54, 1.807) is 36.4 Å². The topological polar surface area (TPSA) is 52.9 Å². The zero-order valence-corrected chi connectivity index (χ0v) is 12.9. The molecule has 0 aliphatic heterocycles. The average Bonchev–Trinajstić information content (AvgIpc) is 2.50. The minimum Gasteiger partial charge on any atom is -0.324 e. The molecule has 2 rings (SSSR count). The van der Waals surface area contributed by atoms with Crippen LogP contribution in [-0.4, -0.2) is 11.2 Å². The lowest BCUT2D eigenvalue weighted by atomic mass is 10.2. The first-order valence-electron chi connectivity index (χ1n) is 6.32. The summed E-state index contributed by atoms with van der Waals surface area (Å²) in [6.45, 7) is 1.82. The van der Waals surface area contributed by atoms with Gasteiger partial charge in [0.15, 0.2) is 0 Å². The Hall–Kier alpha value is -1.96. The Bertz CT molecular complexity index is 679. The molecule has 106 valence electrons. The molecule has 0 radical (unpaired) electrons. The van der Waals surface area contributed by atoms with E-state index in [4.69, 9.17) is 16.9 Å². The molecular formula is C16H13ClN2OS. The summed E-state index contributed by atoms with van der Waals surface area (Å²) in [7, 11) is 0. The van der Waals surface area contributed by atoms with Crippen LogP contribution in [0.3, 0.4) is 0 Å². The number of carbonyl (C=O) groups excluding carboxylic acids is 1. The van der Waals surface area contributed by atoms with Gasteiger partial charge in [0.05, 0.1) is 16.5 Å². The minimum atomic E-state index is -0.280. The second kappa shape index (κ2) is 7.16. The molecule has 0 saturated heterocycles. The van der Waals surface area contributed by atoms with E-state index in [0.717, 1.165) is 4.90 Å². The molecule has 1 atom stereocenters. The number of hydrogen-bond acceptors (Lipinski definition) is 3. The molecule has 0 bridgehead atoms. The van der Waals surface area contributed by atoms with Gasteiger partial charge in [-0.3, -0.25) is 4.79 Å². The van der Waals surface area contributed by atoms with Crippen molar-refractivity contribution in [2.45, 2.75) is 17.1 Å². The molecule has 0 fully saturated rings. The number of hydrogen-bond donors (Lipinski definition) is 1. The van der Waals surface area contributed by atoms with Gasteiger partial charge in [0.2, 0.25) is 5.91 Å². The van der Waals surface area contributed by atoms with E-state index < -0.39 is 0 Å². The SMILES string of the molecule is C[C@H](Sc1ccc(Cl)cc1)C(=O)Nc1ccccc1C#N. The number of nitrogens with zero attached hydrogens (tertiary/aromatic N) is 1. The number of amides is 1. The standard InChI is InChI=1S/C16H13ClN2OS/c1-11(21-14-8-6-13(17)7-9-14)16(20)19-15-5-3-2-4-12(15)10-18/h2-9,11H,1H3,(H,19,20)/t11-/m0/s1. The predicted molar refractivity (Wildman–Crippen MR) is 86.6 cm³/mol. The molecule has 0 aliphatic carbocycles. The molecule has 0 aliphatic rings. The lowest BCUT2D eigenvalue weighted by Gasteiger charge is -2.12. The van der Waals surface area contributed by atoms with Crippen LogP contribution in [0.2, 0.25) is 5.02 Å². The summed E-state index contributed by atoms with van der Waals surface area (Å²) in [5.74, 6) is -0.141. The number of nitrogens with one attached hydrogen (secondary N) is 1. The zero-order chi connectivity index (χ0) is 15.2. The van der Waals surface area contributed by atoms with Crippen LogP contribution < -0.4 is 5.32 Å². The Labute approximate surface area is 132 Å². The number of halogens is 1. The summed E-state index contributed by atoms with van der Waals surface area (Å²) in [5.41, 5.74) is 0.989. The van der Waals surface area contributed by atoms with E-state index in [0.29, 0.717) is 16.3 Å². The van der Waals surface area contributed by atoms with Crippen molar-refractivity contribution in [3.63, 3.8) is 0 Å².